The van der Waals surface area contributed by atoms with E-state index in [-0.39, 0.29) is 11.5 Å². The van der Waals surface area contributed by atoms with Crippen molar-refractivity contribution in [3.05, 3.63) is 110 Å². The summed E-state index contributed by atoms with van der Waals surface area (Å²) in [5, 5.41) is 7.49. The van der Waals surface area contributed by atoms with Crippen LogP contribution < -0.4 is 5.56 Å². The van der Waals surface area contributed by atoms with Crippen LogP contribution in [0.25, 0.3) is 21.8 Å². The number of aromatic nitrogens is 3. The highest BCUT2D eigenvalue weighted by Gasteiger charge is 2.22. The zero-order chi connectivity index (χ0) is 25.4. The number of hydrogen-bond donors (Lipinski definition) is 0. The van der Waals surface area contributed by atoms with Gasteiger partial charge in [-0.15, -0.1) is 0 Å². The predicted octanol–water partition coefficient (Wildman–Crippen LogP) is 7.64. The Kier molecular flexibility index (Phi) is 6.58. The van der Waals surface area contributed by atoms with Gasteiger partial charge in [-0.25, -0.2) is 4.98 Å². The molecule has 0 N–H and O–H groups in total. The fourth-order valence-corrected chi connectivity index (χ4v) is 5.66. The Bertz CT molecular complexity index is 1700. The number of benzene rings is 3. The minimum Gasteiger partial charge on any atom is -0.342 e. The normalized spacial score (nSPS) is 14.8. The van der Waals surface area contributed by atoms with Crippen LogP contribution in [0.1, 0.15) is 55.0 Å². The lowest BCUT2D eigenvalue weighted by Crippen LogP contribution is -2.25. The van der Waals surface area contributed by atoms with Crippen molar-refractivity contribution in [1.29, 1.82) is 0 Å². The molecule has 3 aromatic carbocycles. The van der Waals surface area contributed by atoms with Crippen LogP contribution in [0.2, 0.25) is 10.0 Å². The lowest BCUT2D eigenvalue weighted by molar-refractivity contribution is 0.416. The molecule has 5 aromatic rings. The maximum Gasteiger partial charge on any atom is 0.282 e. The average molecular weight is 529 g/mol. The first-order valence-electron chi connectivity index (χ1n) is 12.7. The van der Waals surface area contributed by atoms with Gasteiger partial charge in [0.25, 0.3) is 5.56 Å². The van der Waals surface area contributed by atoms with Crippen molar-refractivity contribution in [2.75, 3.05) is 0 Å². The summed E-state index contributed by atoms with van der Waals surface area (Å²) in [6.07, 6.45) is 9.45. The summed E-state index contributed by atoms with van der Waals surface area (Å²) in [6, 6.07) is 21.4. The van der Waals surface area contributed by atoms with Crippen LogP contribution in [0.4, 0.5) is 0 Å². The second-order valence-electron chi connectivity index (χ2n) is 9.66. The molecule has 0 unspecified atom stereocenters. The fourth-order valence-electron chi connectivity index (χ4n) is 5.34. The summed E-state index contributed by atoms with van der Waals surface area (Å²) in [5.41, 5.74) is 3.67. The van der Waals surface area contributed by atoms with E-state index in [1.807, 2.05) is 54.6 Å². The van der Waals surface area contributed by atoms with Crippen molar-refractivity contribution in [3.8, 4) is 0 Å². The molecule has 186 valence electrons. The van der Waals surface area contributed by atoms with Gasteiger partial charge in [-0.05, 0) is 48.7 Å². The predicted molar refractivity (Wildman–Crippen MR) is 152 cm³/mol. The molecule has 0 amide bonds. The number of halogens is 2. The molecule has 0 atom stereocenters. The number of hydrogen-bond acceptors (Lipinski definition) is 3. The summed E-state index contributed by atoms with van der Waals surface area (Å²) in [5.74, 6) is 0.999. The minimum atomic E-state index is -0.123. The largest absolute Gasteiger partial charge is 0.342 e. The Morgan fingerprint density at radius 1 is 0.919 bits per heavy atom. The van der Waals surface area contributed by atoms with Gasteiger partial charge in [0.15, 0.2) is 0 Å². The van der Waals surface area contributed by atoms with Crippen LogP contribution in [0.15, 0.2) is 82.8 Å². The topological polar surface area (TPSA) is 52.2 Å². The molecule has 1 aliphatic carbocycles. The quantitative estimate of drug-likeness (QED) is 0.220. The Labute approximate surface area is 225 Å². The average Bonchev–Trinajstić information content (AvgIpc) is 3.28. The standard InChI is InChI=1S/C30H26Cl2N4O/c31-25-15-14-20(16-26(25)32)18-35-19-22(23-10-5-7-13-28(23)35)17-33-36-29(21-8-2-1-3-9-21)34-27-12-6-4-11-24(27)30(36)37/h4-7,10-17,19,21H,1-3,8-9,18H2. The molecule has 1 fully saturated rings. The van der Waals surface area contributed by atoms with Crippen LogP contribution in [0.5, 0.6) is 0 Å². The molecule has 1 saturated carbocycles. The first-order valence-corrected chi connectivity index (χ1v) is 13.4. The Balaban J connectivity index is 1.44. The summed E-state index contributed by atoms with van der Waals surface area (Å²) < 4.78 is 3.70. The highest BCUT2D eigenvalue weighted by atomic mass is 35.5. The molecule has 0 saturated heterocycles. The molecular formula is C30H26Cl2N4O. The van der Waals surface area contributed by atoms with Crippen LogP contribution in [0.3, 0.4) is 0 Å². The Morgan fingerprint density at radius 2 is 1.68 bits per heavy atom. The molecule has 6 rings (SSSR count). The lowest BCUT2D eigenvalue weighted by Gasteiger charge is -2.22. The van der Waals surface area contributed by atoms with Crippen molar-refractivity contribution >= 4 is 51.2 Å². The van der Waals surface area contributed by atoms with Gasteiger partial charge in [0, 0.05) is 35.1 Å². The summed E-state index contributed by atoms with van der Waals surface area (Å²) in [7, 11) is 0. The summed E-state index contributed by atoms with van der Waals surface area (Å²) in [6.45, 7) is 0.635. The third kappa shape index (κ3) is 4.70. The van der Waals surface area contributed by atoms with Crippen LogP contribution in [-0.2, 0) is 6.54 Å². The lowest BCUT2D eigenvalue weighted by atomic mass is 9.88. The van der Waals surface area contributed by atoms with Crippen LogP contribution >= 0.6 is 23.2 Å². The summed E-state index contributed by atoms with van der Waals surface area (Å²) >= 11 is 12.4. The smallest absolute Gasteiger partial charge is 0.282 e. The second-order valence-corrected chi connectivity index (χ2v) is 10.5. The van der Waals surface area contributed by atoms with Gasteiger partial charge < -0.3 is 4.57 Å². The molecule has 1 aliphatic rings. The van der Waals surface area contributed by atoms with Crippen LogP contribution in [-0.4, -0.2) is 20.4 Å². The van der Waals surface area contributed by atoms with E-state index in [0.29, 0.717) is 22.0 Å². The van der Waals surface area contributed by atoms with Crippen LogP contribution in [0, 0.1) is 0 Å². The molecule has 0 spiro atoms. The maximum absolute atomic E-state index is 13.6. The van der Waals surface area contributed by atoms with E-state index >= 15 is 0 Å². The van der Waals surface area contributed by atoms with E-state index in [4.69, 9.17) is 33.3 Å². The Hall–Kier alpha value is -3.41. The monoisotopic (exact) mass is 528 g/mol. The van der Waals surface area contributed by atoms with Gasteiger partial charge in [0.05, 0.1) is 27.2 Å². The number of rotatable bonds is 5. The van der Waals surface area contributed by atoms with Crippen molar-refractivity contribution in [2.45, 2.75) is 44.6 Å². The van der Waals surface area contributed by atoms with Crippen molar-refractivity contribution in [2.24, 2.45) is 5.10 Å². The van der Waals surface area contributed by atoms with E-state index in [9.17, 15) is 4.79 Å². The molecule has 2 aromatic heterocycles. The highest BCUT2D eigenvalue weighted by molar-refractivity contribution is 6.42. The third-order valence-electron chi connectivity index (χ3n) is 7.22. The van der Waals surface area contributed by atoms with E-state index < -0.39 is 0 Å². The van der Waals surface area contributed by atoms with Gasteiger partial charge in [-0.1, -0.05) is 78.9 Å². The summed E-state index contributed by atoms with van der Waals surface area (Å²) in [4.78, 5) is 18.5. The van der Waals surface area contributed by atoms with Gasteiger partial charge >= 0.3 is 0 Å². The fraction of sp³-hybridized carbons (Fsp3) is 0.233. The third-order valence-corrected chi connectivity index (χ3v) is 7.96. The van der Waals surface area contributed by atoms with Crippen molar-refractivity contribution in [3.63, 3.8) is 0 Å². The number of para-hydroxylation sites is 2. The van der Waals surface area contributed by atoms with Gasteiger partial charge in [-0.3, -0.25) is 4.79 Å². The number of fused-ring (bicyclic) bond motifs is 2. The van der Waals surface area contributed by atoms with Gasteiger partial charge in [0.2, 0.25) is 0 Å². The van der Waals surface area contributed by atoms with Gasteiger partial charge in [-0.2, -0.15) is 9.78 Å². The second kappa shape index (κ2) is 10.2. The first-order chi connectivity index (χ1) is 18.1. The molecule has 7 heteroatoms. The molecule has 5 nitrogen and oxygen atoms in total. The van der Waals surface area contributed by atoms with Gasteiger partial charge in [0.1, 0.15) is 5.82 Å². The van der Waals surface area contributed by atoms with Crippen molar-refractivity contribution in [1.82, 2.24) is 14.2 Å². The maximum atomic E-state index is 13.6. The molecular weight excluding hydrogens is 503 g/mol. The van der Waals surface area contributed by atoms with E-state index in [1.165, 1.54) is 11.1 Å². The number of nitrogens with zero attached hydrogens (tertiary/aromatic N) is 4. The molecule has 0 aliphatic heterocycles. The molecule has 37 heavy (non-hydrogen) atoms. The molecule has 0 bridgehead atoms. The Morgan fingerprint density at radius 3 is 2.49 bits per heavy atom. The molecule has 0 radical (unpaired) electrons. The van der Waals surface area contributed by atoms with E-state index in [0.717, 1.165) is 59.1 Å². The SMILES string of the molecule is O=c1c2ccccc2nc(C2CCCCC2)n1N=Cc1cn(Cc2ccc(Cl)c(Cl)c2)c2ccccc12. The molecule has 2 heterocycles. The van der Waals surface area contributed by atoms with E-state index in [2.05, 4.69) is 22.9 Å². The van der Waals surface area contributed by atoms with E-state index in [1.54, 1.807) is 6.21 Å². The highest BCUT2D eigenvalue weighted by Crippen LogP contribution is 2.32. The first kappa shape index (κ1) is 24.0. The minimum absolute atomic E-state index is 0.123. The zero-order valence-electron chi connectivity index (χ0n) is 20.3. The zero-order valence-corrected chi connectivity index (χ0v) is 21.8. The van der Waals surface area contributed by atoms with Crippen molar-refractivity contribution < 1.29 is 0 Å².